The maximum Gasteiger partial charge on any atom is 0.162 e. The molecule has 0 unspecified atom stereocenters. The largest absolute Gasteiger partial charge is 0.493 e. The molecule has 114 valence electrons. The third kappa shape index (κ3) is 4.06. The average molecular weight is 318 g/mol. The fourth-order valence-electron chi connectivity index (χ4n) is 1.87. The Kier molecular flexibility index (Phi) is 5.51. The molecule has 2 rings (SSSR count). The number of rotatable bonds is 6. The molecular weight excluding hydrogens is 302 g/mol. The molecule has 0 saturated heterocycles. The summed E-state index contributed by atoms with van der Waals surface area (Å²) in [7, 11) is 1.54. The number of ether oxygens (including phenoxy) is 3. The van der Waals surface area contributed by atoms with E-state index in [1.807, 2.05) is 19.1 Å². The zero-order chi connectivity index (χ0) is 15.9. The minimum atomic E-state index is 0.365. The average Bonchev–Trinajstić information content (AvgIpc) is 2.54. The molecule has 0 aromatic heterocycles. The number of aryl methyl sites for hydroxylation is 1. The molecule has 2 aromatic carbocycles. The molecule has 4 nitrogen and oxygen atoms in total. The van der Waals surface area contributed by atoms with Gasteiger partial charge in [0.1, 0.15) is 19.0 Å². The van der Waals surface area contributed by atoms with E-state index in [1.54, 1.807) is 24.3 Å². The fourth-order valence-corrected chi connectivity index (χ4v) is 1.99. The summed E-state index contributed by atoms with van der Waals surface area (Å²) in [5, 5.41) is 9.57. The minimum absolute atomic E-state index is 0.365. The zero-order valence-electron chi connectivity index (χ0n) is 12.4. The number of methoxy groups -OCH3 is 1. The van der Waals surface area contributed by atoms with Gasteiger partial charge >= 0.3 is 0 Å². The molecule has 0 heterocycles. The monoisotopic (exact) mass is 317 g/mol. The van der Waals surface area contributed by atoms with Crippen LogP contribution in [0.1, 0.15) is 11.1 Å². The molecule has 0 atom stereocenters. The van der Waals surface area contributed by atoms with Crippen LogP contribution < -0.4 is 14.2 Å². The van der Waals surface area contributed by atoms with Gasteiger partial charge in [0, 0.05) is 11.1 Å². The van der Waals surface area contributed by atoms with Crippen LogP contribution in [0.4, 0.5) is 0 Å². The lowest BCUT2D eigenvalue weighted by Crippen LogP contribution is -2.09. The van der Waals surface area contributed by atoms with Gasteiger partial charge in [0.15, 0.2) is 11.5 Å². The molecule has 5 heteroatoms. The Balaban J connectivity index is 1.88. The van der Waals surface area contributed by atoms with Gasteiger partial charge in [-0.1, -0.05) is 11.6 Å². The summed E-state index contributed by atoms with van der Waals surface area (Å²) in [6, 6.07) is 12.6. The highest BCUT2D eigenvalue weighted by Gasteiger charge is 2.06. The summed E-state index contributed by atoms with van der Waals surface area (Å²) in [5.41, 5.74) is 1.49. The number of halogens is 1. The van der Waals surface area contributed by atoms with Crippen molar-refractivity contribution in [2.45, 2.75) is 6.92 Å². The Morgan fingerprint density at radius 3 is 2.50 bits per heavy atom. The molecule has 0 N–H and O–H groups in total. The number of benzene rings is 2. The van der Waals surface area contributed by atoms with Crippen molar-refractivity contribution in [3.8, 4) is 23.3 Å². The predicted molar refractivity (Wildman–Crippen MR) is 84.9 cm³/mol. The van der Waals surface area contributed by atoms with Gasteiger partial charge in [-0.15, -0.1) is 0 Å². The van der Waals surface area contributed by atoms with Crippen molar-refractivity contribution in [2.75, 3.05) is 20.3 Å². The Labute approximate surface area is 134 Å². The highest BCUT2D eigenvalue weighted by Crippen LogP contribution is 2.27. The number of hydrogen-bond donors (Lipinski definition) is 0. The Bertz CT molecular complexity index is 695. The molecule has 22 heavy (non-hydrogen) atoms. The first-order chi connectivity index (χ1) is 10.6. The van der Waals surface area contributed by atoms with Crippen molar-refractivity contribution in [1.29, 1.82) is 5.26 Å². The van der Waals surface area contributed by atoms with E-state index in [9.17, 15) is 0 Å². The van der Waals surface area contributed by atoms with E-state index in [0.29, 0.717) is 35.3 Å². The van der Waals surface area contributed by atoms with Crippen LogP contribution in [0.25, 0.3) is 0 Å². The van der Waals surface area contributed by atoms with E-state index >= 15 is 0 Å². The maximum absolute atomic E-state index is 8.85. The molecule has 0 saturated carbocycles. The third-order valence-corrected chi connectivity index (χ3v) is 3.46. The molecular formula is C17H16ClNO3. The first-order valence-electron chi connectivity index (χ1n) is 6.74. The molecule has 2 aromatic rings. The topological polar surface area (TPSA) is 51.5 Å². The predicted octanol–water partition coefficient (Wildman–Crippen LogP) is 3.99. The van der Waals surface area contributed by atoms with Gasteiger partial charge in [-0.3, -0.25) is 0 Å². The Morgan fingerprint density at radius 2 is 1.82 bits per heavy atom. The molecule has 0 bridgehead atoms. The smallest absolute Gasteiger partial charge is 0.162 e. The zero-order valence-corrected chi connectivity index (χ0v) is 13.2. The Morgan fingerprint density at radius 1 is 1.05 bits per heavy atom. The minimum Gasteiger partial charge on any atom is -0.493 e. The van der Waals surface area contributed by atoms with Crippen molar-refractivity contribution in [2.24, 2.45) is 0 Å². The lowest BCUT2D eigenvalue weighted by Gasteiger charge is -2.12. The normalized spacial score (nSPS) is 9.91. The maximum atomic E-state index is 8.85. The molecule has 0 fully saturated rings. The molecule has 0 aliphatic heterocycles. The highest BCUT2D eigenvalue weighted by molar-refractivity contribution is 6.31. The summed E-state index contributed by atoms with van der Waals surface area (Å²) in [6.07, 6.45) is 0. The summed E-state index contributed by atoms with van der Waals surface area (Å²) in [4.78, 5) is 0. The van der Waals surface area contributed by atoms with Crippen LogP contribution in [0, 0.1) is 18.3 Å². The van der Waals surface area contributed by atoms with Crippen LogP contribution in [-0.2, 0) is 0 Å². The van der Waals surface area contributed by atoms with Crippen molar-refractivity contribution in [3.05, 3.63) is 52.5 Å². The van der Waals surface area contributed by atoms with Crippen LogP contribution in [0.2, 0.25) is 5.02 Å². The van der Waals surface area contributed by atoms with Gasteiger partial charge in [-0.25, -0.2) is 0 Å². The van der Waals surface area contributed by atoms with E-state index in [0.717, 1.165) is 11.3 Å². The van der Waals surface area contributed by atoms with E-state index in [2.05, 4.69) is 6.07 Å². The molecule has 0 spiro atoms. The van der Waals surface area contributed by atoms with Crippen molar-refractivity contribution >= 4 is 11.6 Å². The molecule has 0 aliphatic rings. The number of hydrogen-bond acceptors (Lipinski definition) is 4. The molecule has 0 amide bonds. The first-order valence-corrected chi connectivity index (χ1v) is 7.11. The summed E-state index contributed by atoms with van der Waals surface area (Å²) < 4.78 is 16.4. The summed E-state index contributed by atoms with van der Waals surface area (Å²) in [6.45, 7) is 2.68. The molecule has 0 aliphatic carbocycles. The van der Waals surface area contributed by atoms with Gasteiger partial charge < -0.3 is 14.2 Å². The highest BCUT2D eigenvalue weighted by atomic mass is 35.5. The van der Waals surface area contributed by atoms with Crippen LogP contribution in [0.3, 0.4) is 0 Å². The number of nitriles is 1. The van der Waals surface area contributed by atoms with Crippen LogP contribution in [-0.4, -0.2) is 20.3 Å². The SMILES string of the molecule is COc1cc(C#N)ccc1OCCOc1ccc(Cl)c(C)c1. The van der Waals surface area contributed by atoms with Crippen molar-refractivity contribution in [1.82, 2.24) is 0 Å². The second kappa shape index (κ2) is 7.58. The first kappa shape index (κ1) is 16.0. The summed E-state index contributed by atoms with van der Waals surface area (Å²) >= 11 is 5.96. The van der Waals surface area contributed by atoms with E-state index in [1.165, 1.54) is 7.11 Å². The fraction of sp³-hybridized carbons (Fsp3) is 0.235. The second-order valence-corrected chi connectivity index (χ2v) is 4.99. The van der Waals surface area contributed by atoms with E-state index in [4.69, 9.17) is 31.1 Å². The Hall–Kier alpha value is -2.38. The number of nitrogens with zero attached hydrogens (tertiary/aromatic N) is 1. The van der Waals surface area contributed by atoms with Crippen LogP contribution in [0.15, 0.2) is 36.4 Å². The van der Waals surface area contributed by atoms with Gasteiger partial charge in [0.05, 0.1) is 18.7 Å². The van der Waals surface area contributed by atoms with Gasteiger partial charge in [-0.05, 0) is 42.8 Å². The quantitative estimate of drug-likeness (QED) is 0.756. The van der Waals surface area contributed by atoms with E-state index < -0.39 is 0 Å². The van der Waals surface area contributed by atoms with Crippen molar-refractivity contribution < 1.29 is 14.2 Å². The molecule has 0 radical (unpaired) electrons. The third-order valence-electron chi connectivity index (χ3n) is 3.03. The van der Waals surface area contributed by atoms with Gasteiger partial charge in [-0.2, -0.15) is 5.26 Å². The van der Waals surface area contributed by atoms with E-state index in [-0.39, 0.29) is 0 Å². The second-order valence-electron chi connectivity index (χ2n) is 4.59. The standard InChI is InChI=1S/C17H16ClNO3/c1-12-9-14(4-5-15(12)18)21-7-8-22-16-6-3-13(11-19)10-17(16)20-2/h3-6,9-10H,7-8H2,1-2H3. The van der Waals surface area contributed by atoms with Crippen LogP contribution >= 0.6 is 11.6 Å². The lowest BCUT2D eigenvalue weighted by molar-refractivity contribution is 0.211. The van der Waals surface area contributed by atoms with Crippen molar-refractivity contribution in [3.63, 3.8) is 0 Å². The van der Waals surface area contributed by atoms with Gasteiger partial charge in [0.2, 0.25) is 0 Å². The summed E-state index contributed by atoms with van der Waals surface area (Å²) in [5.74, 6) is 1.86. The van der Waals surface area contributed by atoms with Gasteiger partial charge in [0.25, 0.3) is 0 Å². The lowest BCUT2D eigenvalue weighted by atomic mass is 10.2. The van der Waals surface area contributed by atoms with Crippen LogP contribution in [0.5, 0.6) is 17.2 Å².